The van der Waals surface area contributed by atoms with Crippen molar-refractivity contribution >= 4 is 11.0 Å². The van der Waals surface area contributed by atoms with Crippen LogP contribution in [0.5, 0.6) is 5.75 Å². The topological polar surface area (TPSA) is 83.1 Å². The Morgan fingerprint density at radius 3 is 2.56 bits per heavy atom. The number of hydrogen-bond acceptors (Lipinski definition) is 6. The van der Waals surface area contributed by atoms with Crippen LogP contribution in [0, 0.1) is 5.92 Å². The first kappa shape index (κ1) is 19.9. The maximum atomic E-state index is 13.1. The molecule has 1 aliphatic rings. The van der Waals surface area contributed by atoms with Crippen molar-refractivity contribution in [1.82, 2.24) is 4.90 Å². The zero-order valence-electron chi connectivity index (χ0n) is 15.7. The summed E-state index contributed by atoms with van der Waals surface area (Å²) in [4.78, 5) is 14.9. The Morgan fingerprint density at radius 1 is 1.11 bits per heavy atom. The summed E-state index contributed by atoms with van der Waals surface area (Å²) in [6, 6.07) is 5.43. The molecule has 0 spiro atoms. The molecule has 2 N–H and O–H groups in total. The monoisotopic (exact) mass is 375 g/mol. The number of benzene rings is 1. The van der Waals surface area contributed by atoms with E-state index in [1.807, 2.05) is 17.0 Å². The molecule has 0 atom stereocenters. The Morgan fingerprint density at radius 2 is 1.85 bits per heavy atom. The lowest BCUT2D eigenvalue weighted by Crippen LogP contribution is -2.31. The van der Waals surface area contributed by atoms with Crippen LogP contribution in [0.3, 0.4) is 0 Å². The van der Waals surface area contributed by atoms with Crippen LogP contribution in [-0.2, 0) is 6.54 Å². The normalized spacial score (nSPS) is 15.5. The van der Waals surface area contributed by atoms with Gasteiger partial charge in [-0.05, 0) is 30.9 Å². The molecule has 1 aromatic carbocycles. The second-order valence-electron chi connectivity index (χ2n) is 7.26. The maximum Gasteiger partial charge on any atom is 0.200 e. The second-order valence-corrected chi connectivity index (χ2v) is 7.26. The molecule has 0 saturated heterocycles. The van der Waals surface area contributed by atoms with E-state index in [1.54, 1.807) is 6.07 Å². The van der Waals surface area contributed by atoms with Gasteiger partial charge in [0.2, 0.25) is 5.43 Å². The predicted octanol–water partition coefficient (Wildman–Crippen LogP) is 2.54. The zero-order chi connectivity index (χ0) is 19.1. The van der Waals surface area contributed by atoms with Crippen LogP contribution < -0.4 is 10.2 Å². The molecule has 27 heavy (non-hydrogen) atoms. The highest BCUT2D eigenvalue weighted by Gasteiger charge is 2.17. The molecule has 0 unspecified atom stereocenters. The third-order valence-electron chi connectivity index (χ3n) is 5.26. The summed E-state index contributed by atoms with van der Waals surface area (Å²) < 4.78 is 11.7. The van der Waals surface area contributed by atoms with Gasteiger partial charge in [0, 0.05) is 25.2 Å². The molecule has 0 amide bonds. The Kier molecular flexibility index (Phi) is 7.26. The molecule has 3 rings (SSSR count). The second kappa shape index (κ2) is 9.88. The fourth-order valence-corrected chi connectivity index (χ4v) is 3.77. The molecular formula is C21H29NO5. The van der Waals surface area contributed by atoms with Gasteiger partial charge < -0.3 is 19.4 Å². The van der Waals surface area contributed by atoms with E-state index in [9.17, 15) is 15.0 Å². The van der Waals surface area contributed by atoms with E-state index < -0.39 is 0 Å². The van der Waals surface area contributed by atoms with Crippen molar-refractivity contribution < 1.29 is 19.4 Å². The lowest BCUT2D eigenvalue weighted by atomic mass is 9.90. The summed E-state index contributed by atoms with van der Waals surface area (Å²) in [6.45, 7) is 1.65. The highest BCUT2D eigenvalue weighted by molar-refractivity contribution is 5.83. The van der Waals surface area contributed by atoms with E-state index in [1.165, 1.54) is 38.4 Å². The molecular weight excluding hydrogens is 346 g/mol. The van der Waals surface area contributed by atoms with Gasteiger partial charge in [-0.2, -0.15) is 0 Å². The molecule has 2 aromatic rings. The van der Waals surface area contributed by atoms with Crippen LogP contribution in [0.25, 0.3) is 11.0 Å². The summed E-state index contributed by atoms with van der Waals surface area (Å²) in [7, 11) is 0. The van der Waals surface area contributed by atoms with Crippen molar-refractivity contribution in [2.45, 2.75) is 38.6 Å². The van der Waals surface area contributed by atoms with Crippen molar-refractivity contribution in [3.63, 3.8) is 0 Å². The number of rotatable bonds is 9. The van der Waals surface area contributed by atoms with E-state index in [0.717, 1.165) is 0 Å². The highest BCUT2D eigenvalue weighted by Crippen LogP contribution is 2.27. The molecule has 1 heterocycles. The van der Waals surface area contributed by atoms with Gasteiger partial charge in [0.15, 0.2) is 0 Å². The first-order valence-electron chi connectivity index (χ1n) is 9.83. The molecule has 148 valence electrons. The maximum absolute atomic E-state index is 13.1. The third kappa shape index (κ3) is 5.09. The fraction of sp³-hybridized carbons (Fsp3) is 0.571. The van der Waals surface area contributed by atoms with Crippen molar-refractivity contribution in [1.29, 1.82) is 0 Å². The third-order valence-corrected chi connectivity index (χ3v) is 5.26. The minimum atomic E-state index is -0.114. The summed E-state index contributed by atoms with van der Waals surface area (Å²) in [5.74, 6) is 1.12. The number of aliphatic hydroxyl groups excluding tert-OH is 2. The van der Waals surface area contributed by atoms with Gasteiger partial charge in [0.1, 0.15) is 16.7 Å². The standard InChI is InChI=1S/C21H29NO5/c23-11-9-22(10-12-24)13-17-15-27-19-8-4-7-18(20(19)21(17)25)26-14-16-5-2-1-3-6-16/h4,7-8,15-16,23-24H,1-3,5-6,9-14H2. The first-order valence-corrected chi connectivity index (χ1v) is 9.83. The first-order chi connectivity index (χ1) is 13.2. The lowest BCUT2D eigenvalue weighted by molar-refractivity contribution is 0.155. The van der Waals surface area contributed by atoms with Crippen LogP contribution in [0.1, 0.15) is 37.7 Å². The average molecular weight is 375 g/mol. The van der Waals surface area contributed by atoms with Crippen LogP contribution in [-0.4, -0.2) is 48.0 Å². The van der Waals surface area contributed by atoms with Gasteiger partial charge in [-0.3, -0.25) is 9.69 Å². The Hall–Kier alpha value is -1.89. The largest absolute Gasteiger partial charge is 0.492 e. The van der Waals surface area contributed by atoms with Crippen LogP contribution in [0.2, 0.25) is 0 Å². The molecule has 1 saturated carbocycles. The summed E-state index contributed by atoms with van der Waals surface area (Å²) >= 11 is 0. The van der Waals surface area contributed by atoms with Crippen molar-refractivity contribution in [2.75, 3.05) is 32.9 Å². The summed E-state index contributed by atoms with van der Waals surface area (Å²) in [5.41, 5.74) is 0.898. The molecule has 6 heteroatoms. The minimum Gasteiger partial charge on any atom is -0.492 e. The smallest absolute Gasteiger partial charge is 0.200 e. The van der Waals surface area contributed by atoms with E-state index in [-0.39, 0.29) is 18.6 Å². The number of aliphatic hydroxyl groups is 2. The van der Waals surface area contributed by atoms with Crippen LogP contribution in [0.4, 0.5) is 0 Å². The average Bonchev–Trinajstić information content (AvgIpc) is 2.69. The van der Waals surface area contributed by atoms with E-state index in [4.69, 9.17) is 9.15 Å². The Bertz CT molecular complexity index is 776. The van der Waals surface area contributed by atoms with Gasteiger partial charge in [-0.15, -0.1) is 0 Å². The fourth-order valence-electron chi connectivity index (χ4n) is 3.77. The van der Waals surface area contributed by atoms with Gasteiger partial charge in [0.25, 0.3) is 0 Å². The van der Waals surface area contributed by atoms with Gasteiger partial charge in [-0.1, -0.05) is 25.3 Å². The van der Waals surface area contributed by atoms with E-state index >= 15 is 0 Å². The molecule has 1 aliphatic carbocycles. The number of ether oxygens (including phenoxy) is 1. The van der Waals surface area contributed by atoms with Gasteiger partial charge in [-0.25, -0.2) is 0 Å². The molecule has 6 nitrogen and oxygen atoms in total. The number of nitrogens with zero attached hydrogens (tertiary/aromatic N) is 1. The quantitative estimate of drug-likeness (QED) is 0.701. The predicted molar refractivity (Wildman–Crippen MR) is 104 cm³/mol. The Balaban J connectivity index is 1.83. The highest BCUT2D eigenvalue weighted by atomic mass is 16.5. The number of fused-ring (bicyclic) bond motifs is 1. The van der Waals surface area contributed by atoms with Crippen LogP contribution >= 0.6 is 0 Å². The summed E-state index contributed by atoms with van der Waals surface area (Å²) in [5, 5.41) is 18.8. The molecule has 1 aromatic heterocycles. The van der Waals surface area contributed by atoms with Crippen molar-refractivity contribution in [2.24, 2.45) is 5.92 Å². The number of hydrogen-bond donors (Lipinski definition) is 2. The zero-order valence-corrected chi connectivity index (χ0v) is 15.7. The van der Waals surface area contributed by atoms with E-state index in [0.29, 0.717) is 54.4 Å². The van der Waals surface area contributed by atoms with Crippen molar-refractivity contribution in [3.05, 3.63) is 40.2 Å². The minimum absolute atomic E-state index is 0.0331. The van der Waals surface area contributed by atoms with Crippen LogP contribution in [0.15, 0.2) is 33.7 Å². The van der Waals surface area contributed by atoms with Crippen molar-refractivity contribution in [3.8, 4) is 5.75 Å². The van der Waals surface area contributed by atoms with E-state index in [2.05, 4.69) is 0 Å². The van der Waals surface area contributed by atoms with Gasteiger partial charge >= 0.3 is 0 Å². The summed E-state index contributed by atoms with van der Waals surface area (Å²) in [6.07, 6.45) is 7.64. The Labute approximate surface area is 159 Å². The molecule has 1 fully saturated rings. The molecule has 0 aliphatic heterocycles. The molecule has 0 radical (unpaired) electrons. The van der Waals surface area contributed by atoms with Gasteiger partial charge in [0.05, 0.1) is 26.1 Å². The SMILES string of the molecule is O=c1c(CN(CCO)CCO)coc2cccc(OCC3CCCCC3)c12. The lowest BCUT2D eigenvalue weighted by Gasteiger charge is -2.22. The molecule has 0 bridgehead atoms.